The van der Waals surface area contributed by atoms with Crippen LogP contribution in [0.1, 0.15) is 41.9 Å². The zero-order valence-corrected chi connectivity index (χ0v) is 12.4. The van der Waals surface area contributed by atoms with Crippen molar-refractivity contribution in [2.24, 2.45) is 5.41 Å². The fourth-order valence-electron chi connectivity index (χ4n) is 2.82. The van der Waals surface area contributed by atoms with Crippen molar-refractivity contribution in [1.82, 2.24) is 9.78 Å². The van der Waals surface area contributed by atoms with Crippen molar-refractivity contribution in [3.05, 3.63) is 52.3 Å². The van der Waals surface area contributed by atoms with E-state index in [4.69, 9.17) is 11.6 Å². The molecule has 1 aliphatic carbocycles. The number of halogens is 1. The molecule has 4 heteroatoms. The van der Waals surface area contributed by atoms with E-state index >= 15 is 0 Å². The molecule has 0 radical (unpaired) electrons. The maximum atomic E-state index is 12.1. The Morgan fingerprint density at radius 3 is 2.90 bits per heavy atom. The topological polar surface area (TPSA) is 34.9 Å². The fraction of sp³-hybridized carbons (Fsp3) is 0.375. The summed E-state index contributed by atoms with van der Waals surface area (Å²) in [5, 5.41) is 5.11. The van der Waals surface area contributed by atoms with Crippen LogP contribution in [0, 0.1) is 5.41 Å². The number of hydrogen-bond acceptors (Lipinski definition) is 2. The Morgan fingerprint density at radius 2 is 2.15 bits per heavy atom. The summed E-state index contributed by atoms with van der Waals surface area (Å²) in [4.78, 5) is 12.1. The molecule has 0 unspecified atom stereocenters. The second-order valence-electron chi connectivity index (χ2n) is 6.23. The minimum Gasteiger partial charge on any atom is -0.294 e. The molecule has 1 aromatic carbocycles. The molecule has 1 aliphatic rings. The monoisotopic (exact) mass is 288 g/mol. The lowest BCUT2D eigenvalue weighted by Crippen LogP contribution is -2.28. The third-order valence-corrected chi connectivity index (χ3v) is 3.99. The third-order valence-electron chi connectivity index (χ3n) is 3.76. The van der Waals surface area contributed by atoms with Gasteiger partial charge >= 0.3 is 0 Å². The molecule has 0 spiro atoms. The van der Waals surface area contributed by atoms with Gasteiger partial charge in [0.1, 0.15) is 0 Å². The van der Waals surface area contributed by atoms with Crippen LogP contribution in [0.4, 0.5) is 0 Å². The number of nitrogens with zero attached hydrogens (tertiary/aromatic N) is 2. The van der Waals surface area contributed by atoms with Crippen LogP contribution in [0.2, 0.25) is 5.02 Å². The van der Waals surface area contributed by atoms with Crippen molar-refractivity contribution in [3.63, 3.8) is 0 Å². The fourth-order valence-corrected chi connectivity index (χ4v) is 3.03. The Labute approximate surface area is 123 Å². The van der Waals surface area contributed by atoms with Gasteiger partial charge in [-0.15, -0.1) is 0 Å². The highest BCUT2D eigenvalue weighted by Crippen LogP contribution is 2.34. The van der Waals surface area contributed by atoms with Gasteiger partial charge in [-0.3, -0.25) is 9.48 Å². The highest BCUT2D eigenvalue weighted by molar-refractivity contribution is 6.30. The van der Waals surface area contributed by atoms with E-state index in [1.165, 1.54) is 0 Å². The van der Waals surface area contributed by atoms with Crippen molar-refractivity contribution in [1.29, 1.82) is 0 Å². The van der Waals surface area contributed by atoms with E-state index in [1.807, 2.05) is 28.9 Å². The number of carbonyl (C=O) groups is 1. The molecule has 0 amide bonds. The molecule has 0 bridgehead atoms. The highest BCUT2D eigenvalue weighted by atomic mass is 35.5. The number of rotatable bonds is 2. The first kappa shape index (κ1) is 13.4. The maximum Gasteiger partial charge on any atom is 0.166 e. The normalized spacial score (nSPS) is 17.1. The summed E-state index contributed by atoms with van der Waals surface area (Å²) in [5.41, 5.74) is 2.94. The quantitative estimate of drug-likeness (QED) is 0.844. The summed E-state index contributed by atoms with van der Waals surface area (Å²) >= 11 is 6.01. The number of hydrogen-bond donors (Lipinski definition) is 0. The van der Waals surface area contributed by atoms with E-state index in [2.05, 4.69) is 18.9 Å². The Balaban J connectivity index is 1.95. The summed E-state index contributed by atoms with van der Waals surface area (Å²) in [6, 6.07) is 7.75. The Morgan fingerprint density at radius 1 is 1.35 bits per heavy atom. The number of Topliss-reactive ketones (excluding diaryl/α,β-unsaturated/α-hetero) is 1. The van der Waals surface area contributed by atoms with Gasteiger partial charge in [0.05, 0.1) is 24.0 Å². The number of carbonyl (C=O) groups excluding carboxylic acids is 1. The van der Waals surface area contributed by atoms with E-state index in [-0.39, 0.29) is 11.2 Å². The number of ketones is 1. The predicted octanol–water partition coefficient (Wildman–Crippen LogP) is 3.74. The van der Waals surface area contributed by atoms with Gasteiger partial charge in [0.25, 0.3) is 0 Å². The average molecular weight is 289 g/mol. The van der Waals surface area contributed by atoms with Crippen molar-refractivity contribution in [2.45, 2.75) is 33.2 Å². The first-order valence-corrected chi connectivity index (χ1v) is 7.15. The van der Waals surface area contributed by atoms with Gasteiger partial charge in [0.15, 0.2) is 5.78 Å². The summed E-state index contributed by atoms with van der Waals surface area (Å²) in [5.74, 6) is 0.202. The number of fused-ring (bicyclic) bond motifs is 1. The molecule has 0 saturated carbocycles. The van der Waals surface area contributed by atoms with Crippen molar-refractivity contribution >= 4 is 17.4 Å². The molecule has 104 valence electrons. The maximum absolute atomic E-state index is 12.1. The zero-order valence-electron chi connectivity index (χ0n) is 11.7. The van der Waals surface area contributed by atoms with Gasteiger partial charge in [-0.05, 0) is 29.5 Å². The molecule has 3 rings (SSSR count). The van der Waals surface area contributed by atoms with E-state index in [0.717, 1.165) is 28.3 Å². The molecule has 1 heterocycles. The third kappa shape index (κ3) is 2.50. The molecule has 0 atom stereocenters. The molecule has 3 nitrogen and oxygen atoms in total. The standard InChI is InChI=1S/C16H17ClN2O/c1-16(2)7-14-13(15(20)8-16)9-18-19(14)10-11-4-3-5-12(17)6-11/h3-6,9H,7-8,10H2,1-2H3. The molecule has 0 aliphatic heterocycles. The minimum absolute atomic E-state index is 0.0101. The van der Waals surface area contributed by atoms with Crippen LogP contribution < -0.4 is 0 Å². The summed E-state index contributed by atoms with van der Waals surface area (Å²) in [6.45, 7) is 4.91. The van der Waals surface area contributed by atoms with Gasteiger partial charge in [-0.1, -0.05) is 37.6 Å². The summed E-state index contributed by atoms with van der Waals surface area (Å²) in [6.07, 6.45) is 3.19. The smallest absolute Gasteiger partial charge is 0.166 e. The molecular weight excluding hydrogens is 272 g/mol. The molecule has 0 fully saturated rings. The Hall–Kier alpha value is -1.61. The van der Waals surface area contributed by atoms with Crippen LogP contribution in [-0.4, -0.2) is 15.6 Å². The second kappa shape index (κ2) is 4.74. The van der Waals surface area contributed by atoms with E-state index in [1.54, 1.807) is 6.20 Å². The zero-order chi connectivity index (χ0) is 14.3. The lowest BCUT2D eigenvalue weighted by atomic mass is 9.76. The predicted molar refractivity (Wildman–Crippen MR) is 79.2 cm³/mol. The minimum atomic E-state index is 0.0101. The Bertz CT molecular complexity index is 673. The number of benzene rings is 1. The van der Waals surface area contributed by atoms with Crippen molar-refractivity contribution in [3.8, 4) is 0 Å². The van der Waals surface area contributed by atoms with Crippen LogP contribution in [0.3, 0.4) is 0 Å². The number of aromatic nitrogens is 2. The summed E-state index contributed by atoms with van der Waals surface area (Å²) < 4.78 is 1.93. The van der Waals surface area contributed by atoms with Crippen LogP contribution in [0.15, 0.2) is 30.5 Å². The molecular formula is C16H17ClN2O. The lowest BCUT2D eigenvalue weighted by molar-refractivity contribution is 0.0910. The van der Waals surface area contributed by atoms with Gasteiger partial charge in [0, 0.05) is 11.4 Å². The Kier molecular flexibility index (Phi) is 3.17. The van der Waals surface area contributed by atoms with E-state index < -0.39 is 0 Å². The molecule has 0 N–H and O–H groups in total. The molecule has 1 aromatic heterocycles. The lowest BCUT2D eigenvalue weighted by Gasteiger charge is -2.29. The van der Waals surface area contributed by atoms with E-state index in [0.29, 0.717) is 13.0 Å². The average Bonchev–Trinajstić information content (AvgIpc) is 2.71. The van der Waals surface area contributed by atoms with E-state index in [9.17, 15) is 4.79 Å². The van der Waals surface area contributed by atoms with Crippen molar-refractivity contribution in [2.75, 3.05) is 0 Å². The van der Waals surface area contributed by atoms with Gasteiger partial charge in [0.2, 0.25) is 0 Å². The van der Waals surface area contributed by atoms with Crippen LogP contribution in [0.25, 0.3) is 0 Å². The largest absolute Gasteiger partial charge is 0.294 e. The van der Waals surface area contributed by atoms with Crippen LogP contribution >= 0.6 is 11.6 Å². The first-order valence-electron chi connectivity index (χ1n) is 6.77. The van der Waals surface area contributed by atoms with Gasteiger partial charge < -0.3 is 0 Å². The second-order valence-corrected chi connectivity index (χ2v) is 6.67. The highest BCUT2D eigenvalue weighted by Gasteiger charge is 2.33. The first-order chi connectivity index (χ1) is 9.44. The molecule has 2 aromatic rings. The van der Waals surface area contributed by atoms with Crippen molar-refractivity contribution < 1.29 is 4.79 Å². The van der Waals surface area contributed by atoms with Gasteiger partial charge in [-0.25, -0.2) is 0 Å². The SMILES string of the molecule is CC1(C)CC(=O)c2cnn(Cc3cccc(Cl)c3)c2C1. The summed E-state index contributed by atoms with van der Waals surface area (Å²) in [7, 11) is 0. The molecule has 0 saturated heterocycles. The molecule has 20 heavy (non-hydrogen) atoms. The van der Waals surface area contributed by atoms with Crippen LogP contribution in [0.5, 0.6) is 0 Å². The van der Waals surface area contributed by atoms with Crippen LogP contribution in [-0.2, 0) is 13.0 Å². The van der Waals surface area contributed by atoms with Gasteiger partial charge in [-0.2, -0.15) is 5.10 Å².